The molecule has 1 heterocycles. The molecule has 0 bridgehead atoms. The van der Waals surface area contributed by atoms with Gasteiger partial charge in [0.1, 0.15) is 11.4 Å². The molecule has 0 aliphatic carbocycles. The van der Waals surface area contributed by atoms with Crippen LogP contribution in [-0.2, 0) is 14.8 Å². The molecule has 0 aliphatic rings. The van der Waals surface area contributed by atoms with Crippen LogP contribution in [0.4, 0.5) is 0 Å². The second-order valence-corrected chi connectivity index (χ2v) is 5.57. The fourth-order valence-corrected chi connectivity index (χ4v) is 1.82. The quantitative estimate of drug-likeness (QED) is 0.855. The average Bonchev–Trinajstić information content (AvgIpc) is 2.20. The van der Waals surface area contributed by atoms with E-state index in [0.29, 0.717) is 5.02 Å². The van der Waals surface area contributed by atoms with Gasteiger partial charge in [-0.3, -0.25) is 0 Å². The van der Waals surface area contributed by atoms with Gasteiger partial charge in [-0.2, -0.15) is 0 Å². The van der Waals surface area contributed by atoms with Crippen molar-refractivity contribution in [1.82, 2.24) is 9.97 Å². The molecule has 0 fully saturated rings. The van der Waals surface area contributed by atoms with Crippen LogP contribution < -0.4 is 5.14 Å². The molecule has 0 saturated heterocycles. The summed E-state index contributed by atoms with van der Waals surface area (Å²) in [6.07, 6.45) is 1.92. The van der Waals surface area contributed by atoms with E-state index in [1.165, 1.54) is 26.4 Å². The van der Waals surface area contributed by atoms with E-state index in [0.717, 1.165) is 0 Å². The fourth-order valence-electron chi connectivity index (χ4n) is 1.15. The molecule has 0 aliphatic heterocycles. The van der Waals surface area contributed by atoms with Gasteiger partial charge >= 0.3 is 0 Å². The molecule has 1 aromatic heterocycles. The monoisotopic (exact) mass is 265 g/mol. The molecule has 0 radical (unpaired) electrons. The van der Waals surface area contributed by atoms with Crippen molar-refractivity contribution in [1.29, 1.82) is 0 Å². The summed E-state index contributed by atoms with van der Waals surface area (Å²) in [7, 11) is -2.35. The second kappa shape index (κ2) is 5.05. The van der Waals surface area contributed by atoms with E-state index >= 15 is 0 Å². The molecule has 8 heteroatoms. The highest BCUT2D eigenvalue weighted by Crippen LogP contribution is 2.21. The van der Waals surface area contributed by atoms with Gasteiger partial charge in [0, 0.05) is 19.5 Å². The van der Waals surface area contributed by atoms with Crippen LogP contribution >= 0.6 is 11.6 Å². The van der Waals surface area contributed by atoms with Gasteiger partial charge in [-0.1, -0.05) is 11.6 Å². The first-order valence-electron chi connectivity index (χ1n) is 4.38. The van der Waals surface area contributed by atoms with Crippen LogP contribution in [0, 0.1) is 0 Å². The second-order valence-electron chi connectivity index (χ2n) is 3.21. The summed E-state index contributed by atoms with van der Waals surface area (Å²) in [5.74, 6) is 0.230. The predicted molar refractivity (Wildman–Crippen MR) is 59.4 cm³/mol. The topological polar surface area (TPSA) is 95.2 Å². The number of nitrogens with zero attached hydrogens (tertiary/aromatic N) is 2. The molecule has 0 aromatic carbocycles. The van der Waals surface area contributed by atoms with Gasteiger partial charge in [-0.25, -0.2) is 23.5 Å². The van der Waals surface area contributed by atoms with Crippen LogP contribution in [0.15, 0.2) is 12.4 Å². The Balaban J connectivity index is 3.03. The lowest BCUT2D eigenvalue weighted by Crippen LogP contribution is -2.33. The summed E-state index contributed by atoms with van der Waals surface area (Å²) in [6, 6.07) is 0. The van der Waals surface area contributed by atoms with E-state index in [1.54, 1.807) is 0 Å². The third-order valence-corrected chi connectivity index (χ3v) is 3.57. The Hall–Kier alpha value is -0.760. The maximum Gasteiger partial charge on any atom is 0.214 e. The van der Waals surface area contributed by atoms with E-state index in [9.17, 15) is 8.42 Å². The molecule has 6 nitrogen and oxygen atoms in total. The lowest BCUT2D eigenvalue weighted by molar-refractivity contribution is 0.0948. The highest BCUT2D eigenvalue weighted by molar-refractivity contribution is 7.89. The number of primary sulfonamides is 1. The molecular formula is C8H12ClN3O3S. The van der Waals surface area contributed by atoms with E-state index in [2.05, 4.69) is 9.97 Å². The molecule has 1 aromatic rings. The highest BCUT2D eigenvalue weighted by Gasteiger charge is 2.30. The molecule has 0 amide bonds. The number of sulfonamides is 1. The Bertz CT molecular complexity index is 448. The maximum absolute atomic E-state index is 11.2. The lowest BCUT2D eigenvalue weighted by Gasteiger charge is -2.19. The van der Waals surface area contributed by atoms with E-state index in [1.807, 2.05) is 0 Å². The summed E-state index contributed by atoms with van der Waals surface area (Å²) in [6.45, 7) is 1.43. The van der Waals surface area contributed by atoms with Crippen LogP contribution in [0.2, 0.25) is 5.02 Å². The largest absolute Gasteiger partial charge is 0.372 e. The number of ether oxygens (including phenoxy) is 1. The van der Waals surface area contributed by atoms with Gasteiger partial charge in [-0.15, -0.1) is 0 Å². The van der Waals surface area contributed by atoms with Crippen LogP contribution in [0.5, 0.6) is 0 Å². The van der Waals surface area contributed by atoms with Crippen molar-refractivity contribution in [2.75, 3.05) is 7.11 Å². The van der Waals surface area contributed by atoms with Crippen LogP contribution in [0.25, 0.3) is 0 Å². The van der Waals surface area contributed by atoms with Gasteiger partial charge in [0.05, 0.1) is 5.02 Å². The summed E-state index contributed by atoms with van der Waals surface area (Å²) in [4.78, 5) is 7.79. The van der Waals surface area contributed by atoms with Gasteiger partial charge in [0.15, 0.2) is 5.82 Å². The number of hydrogen-bond acceptors (Lipinski definition) is 5. The van der Waals surface area contributed by atoms with E-state index in [-0.39, 0.29) is 5.82 Å². The van der Waals surface area contributed by atoms with Crippen LogP contribution in [0.1, 0.15) is 18.9 Å². The molecule has 90 valence electrons. The molecule has 16 heavy (non-hydrogen) atoms. The average molecular weight is 266 g/mol. The number of hydrogen-bond donors (Lipinski definition) is 1. The normalized spacial score (nSPS) is 15.8. The minimum Gasteiger partial charge on any atom is -0.372 e. The van der Waals surface area contributed by atoms with Crippen molar-refractivity contribution in [2.45, 2.75) is 18.3 Å². The van der Waals surface area contributed by atoms with Gasteiger partial charge < -0.3 is 4.74 Å². The van der Waals surface area contributed by atoms with Gasteiger partial charge in [0.25, 0.3) is 0 Å². The summed E-state index contributed by atoms with van der Waals surface area (Å²) < 4.78 is 27.4. The van der Waals surface area contributed by atoms with Gasteiger partial charge in [-0.05, 0) is 6.92 Å². The SMILES string of the molecule is CO[C@@H](c1ncc(Cl)cn1)[C@@H](C)S(N)(=O)=O. The number of aromatic nitrogens is 2. The first kappa shape index (κ1) is 13.3. The minimum atomic E-state index is -3.71. The smallest absolute Gasteiger partial charge is 0.214 e. The molecule has 0 spiro atoms. The molecule has 2 N–H and O–H groups in total. The minimum absolute atomic E-state index is 0.230. The predicted octanol–water partition coefficient (Wildman–Crippen LogP) is 0.495. The van der Waals surface area contributed by atoms with Crippen molar-refractivity contribution in [3.63, 3.8) is 0 Å². The zero-order chi connectivity index (χ0) is 12.3. The Morgan fingerprint density at radius 3 is 2.31 bits per heavy atom. The van der Waals surface area contributed by atoms with Crippen LogP contribution in [-0.4, -0.2) is 30.7 Å². The van der Waals surface area contributed by atoms with E-state index in [4.69, 9.17) is 21.5 Å². The van der Waals surface area contributed by atoms with Crippen molar-refractivity contribution in [3.8, 4) is 0 Å². The number of nitrogens with two attached hydrogens (primary N) is 1. The first-order valence-corrected chi connectivity index (χ1v) is 6.37. The zero-order valence-electron chi connectivity index (χ0n) is 8.79. The third kappa shape index (κ3) is 3.11. The maximum atomic E-state index is 11.2. The van der Waals surface area contributed by atoms with Crippen molar-refractivity contribution in [2.24, 2.45) is 5.14 Å². The Kier molecular flexibility index (Phi) is 4.20. The molecule has 0 unspecified atom stereocenters. The molecule has 1 rings (SSSR count). The van der Waals surface area contributed by atoms with E-state index < -0.39 is 21.4 Å². The summed E-state index contributed by atoms with van der Waals surface area (Å²) >= 11 is 5.62. The zero-order valence-corrected chi connectivity index (χ0v) is 10.4. The first-order chi connectivity index (χ1) is 7.36. The Morgan fingerprint density at radius 1 is 1.44 bits per heavy atom. The lowest BCUT2D eigenvalue weighted by atomic mass is 10.2. The number of methoxy groups -OCH3 is 1. The molecule has 2 atom stereocenters. The van der Waals surface area contributed by atoms with Crippen LogP contribution in [0.3, 0.4) is 0 Å². The molecular weight excluding hydrogens is 254 g/mol. The van der Waals surface area contributed by atoms with Crippen molar-refractivity contribution >= 4 is 21.6 Å². The Morgan fingerprint density at radius 2 is 1.94 bits per heavy atom. The molecule has 0 saturated carbocycles. The van der Waals surface area contributed by atoms with Crippen molar-refractivity contribution in [3.05, 3.63) is 23.2 Å². The highest BCUT2D eigenvalue weighted by atomic mass is 35.5. The van der Waals surface area contributed by atoms with Gasteiger partial charge in [0.2, 0.25) is 10.0 Å². The Labute approximate surface area is 98.8 Å². The summed E-state index contributed by atoms with van der Waals surface area (Å²) in [5.41, 5.74) is 0. The fraction of sp³-hybridized carbons (Fsp3) is 0.500. The number of halogens is 1. The standard InChI is InChI=1S/C8H12ClN3O3S/c1-5(16(10,13)14)7(15-2)8-11-3-6(9)4-12-8/h3-5,7H,1-2H3,(H2,10,13,14)/t5-,7-/m1/s1. The summed E-state index contributed by atoms with van der Waals surface area (Å²) in [5, 5.41) is 4.46. The third-order valence-electron chi connectivity index (χ3n) is 2.09. The number of rotatable bonds is 4. The van der Waals surface area contributed by atoms with Crippen molar-refractivity contribution < 1.29 is 13.2 Å².